The second kappa shape index (κ2) is 14.1. The molecule has 0 radical (unpaired) electrons. The van der Waals surface area contributed by atoms with Crippen LogP contribution in [0.2, 0.25) is 23.2 Å². The number of benzene rings is 2. The molecule has 0 spiro atoms. The largest absolute Gasteiger partial charge is 0.417 e. The van der Waals surface area contributed by atoms with Crippen LogP contribution in [-0.4, -0.2) is 29.3 Å². The Morgan fingerprint density at radius 3 is 1.59 bits per heavy atom. The van der Waals surface area contributed by atoms with E-state index < -0.39 is 16.6 Å². The van der Waals surface area contributed by atoms with Gasteiger partial charge in [-0.15, -0.1) is 6.58 Å². The van der Waals surface area contributed by atoms with E-state index >= 15 is 0 Å². The van der Waals surface area contributed by atoms with Crippen molar-refractivity contribution in [1.29, 1.82) is 0 Å². The average Bonchev–Trinajstić information content (AvgIpc) is 2.84. The van der Waals surface area contributed by atoms with Crippen molar-refractivity contribution >= 4 is 27.0 Å². The van der Waals surface area contributed by atoms with Gasteiger partial charge in [0.15, 0.2) is 8.32 Å². The number of hydrogen-bond acceptors (Lipinski definition) is 2. The summed E-state index contributed by atoms with van der Waals surface area (Å²) in [6.45, 7) is 23.8. The van der Waals surface area contributed by atoms with E-state index in [9.17, 15) is 0 Å². The first kappa shape index (κ1) is 31.7. The Morgan fingerprint density at radius 1 is 0.703 bits per heavy atom. The summed E-state index contributed by atoms with van der Waals surface area (Å²) in [5, 5.41) is 2.95. The highest BCUT2D eigenvalue weighted by Crippen LogP contribution is 2.38. The molecule has 0 N–H and O–H groups in total. The molecule has 2 nitrogen and oxygen atoms in total. The van der Waals surface area contributed by atoms with Crippen LogP contribution in [0.15, 0.2) is 73.3 Å². The van der Waals surface area contributed by atoms with Crippen LogP contribution >= 0.6 is 0 Å². The fourth-order valence-corrected chi connectivity index (χ4v) is 10.6. The molecule has 0 bridgehead atoms. The van der Waals surface area contributed by atoms with Crippen LogP contribution in [-0.2, 0) is 8.85 Å². The predicted molar refractivity (Wildman–Crippen MR) is 168 cm³/mol. The SMILES string of the molecule is C=C[C@@H](CCCCCCCCO[Si](C)(C)C(C)(C)C)O[Si](c1ccccc1)(c1ccccc1)C(C)(C)C. The minimum atomic E-state index is -2.53. The van der Waals surface area contributed by atoms with Crippen molar-refractivity contribution in [2.45, 2.75) is 116 Å². The zero-order valence-corrected chi connectivity index (χ0v) is 27.1. The summed E-state index contributed by atoms with van der Waals surface area (Å²) in [5.74, 6) is 0. The molecule has 0 unspecified atom stereocenters. The quantitative estimate of drug-likeness (QED) is 0.128. The first-order valence-electron chi connectivity index (χ1n) is 14.4. The Hall–Kier alpha value is -1.47. The molecule has 0 amide bonds. The summed E-state index contributed by atoms with van der Waals surface area (Å²) < 4.78 is 13.6. The van der Waals surface area contributed by atoms with Crippen LogP contribution in [0, 0.1) is 0 Å². The second-order valence-electron chi connectivity index (χ2n) is 13.1. The van der Waals surface area contributed by atoms with Crippen LogP contribution < -0.4 is 10.4 Å². The van der Waals surface area contributed by atoms with Gasteiger partial charge in [0.25, 0.3) is 8.32 Å². The maximum absolute atomic E-state index is 7.25. The van der Waals surface area contributed by atoms with Gasteiger partial charge in [0.1, 0.15) is 0 Å². The van der Waals surface area contributed by atoms with Crippen LogP contribution in [0.1, 0.15) is 86.5 Å². The van der Waals surface area contributed by atoms with Crippen LogP contribution in [0.4, 0.5) is 0 Å². The summed E-state index contributed by atoms with van der Waals surface area (Å²) >= 11 is 0. The molecule has 1 atom stereocenters. The van der Waals surface area contributed by atoms with E-state index in [2.05, 4.69) is 122 Å². The maximum Gasteiger partial charge on any atom is 0.261 e. The lowest BCUT2D eigenvalue weighted by Gasteiger charge is -2.44. The number of hydrogen-bond donors (Lipinski definition) is 0. The molecule has 2 aromatic rings. The van der Waals surface area contributed by atoms with E-state index in [1.165, 1.54) is 48.9 Å². The Morgan fingerprint density at radius 2 is 1.16 bits per heavy atom. The van der Waals surface area contributed by atoms with Crippen molar-refractivity contribution in [3.05, 3.63) is 73.3 Å². The van der Waals surface area contributed by atoms with Gasteiger partial charge in [0.2, 0.25) is 0 Å². The molecular formula is C33H54O2Si2. The highest BCUT2D eigenvalue weighted by molar-refractivity contribution is 6.99. The molecule has 0 saturated heterocycles. The lowest BCUT2D eigenvalue weighted by molar-refractivity contribution is 0.218. The zero-order chi connectivity index (χ0) is 27.6. The molecule has 0 aliphatic heterocycles. The predicted octanol–water partition coefficient (Wildman–Crippen LogP) is 8.87. The van der Waals surface area contributed by atoms with E-state index in [1.54, 1.807) is 0 Å². The molecule has 0 aliphatic carbocycles. The van der Waals surface area contributed by atoms with E-state index in [-0.39, 0.29) is 11.1 Å². The summed E-state index contributed by atoms with van der Waals surface area (Å²) in [7, 11) is -4.14. The van der Waals surface area contributed by atoms with Crippen LogP contribution in [0.25, 0.3) is 0 Å². The number of unbranched alkanes of at least 4 members (excludes halogenated alkanes) is 5. The third-order valence-electron chi connectivity index (χ3n) is 8.16. The van der Waals surface area contributed by atoms with Gasteiger partial charge in [-0.3, -0.25) is 0 Å². The average molecular weight is 539 g/mol. The molecular weight excluding hydrogens is 485 g/mol. The fraction of sp³-hybridized carbons (Fsp3) is 0.576. The molecule has 0 aliphatic rings. The Kier molecular flexibility index (Phi) is 12.1. The Balaban J connectivity index is 1.93. The fourth-order valence-electron chi connectivity index (χ4n) is 4.84. The highest BCUT2D eigenvalue weighted by atomic mass is 28.4. The Labute approximate surface area is 231 Å². The van der Waals surface area contributed by atoms with Crippen molar-refractivity contribution < 1.29 is 8.85 Å². The lowest BCUT2D eigenvalue weighted by Crippen LogP contribution is -2.67. The van der Waals surface area contributed by atoms with Gasteiger partial charge < -0.3 is 8.85 Å². The van der Waals surface area contributed by atoms with Crippen molar-refractivity contribution in [1.82, 2.24) is 0 Å². The molecule has 0 fully saturated rings. The van der Waals surface area contributed by atoms with Gasteiger partial charge >= 0.3 is 0 Å². The van der Waals surface area contributed by atoms with Gasteiger partial charge in [-0.25, -0.2) is 0 Å². The minimum absolute atomic E-state index is 0.0105. The van der Waals surface area contributed by atoms with Gasteiger partial charge in [0, 0.05) is 6.61 Å². The van der Waals surface area contributed by atoms with Crippen molar-refractivity contribution in [2.24, 2.45) is 0 Å². The van der Waals surface area contributed by atoms with Gasteiger partial charge in [0.05, 0.1) is 6.10 Å². The molecule has 0 aromatic heterocycles. The van der Waals surface area contributed by atoms with E-state index in [1.807, 2.05) is 6.08 Å². The van der Waals surface area contributed by atoms with Gasteiger partial charge in [-0.05, 0) is 46.4 Å². The summed E-state index contributed by atoms with van der Waals surface area (Å²) in [4.78, 5) is 0. The molecule has 0 saturated carbocycles. The van der Waals surface area contributed by atoms with E-state index in [4.69, 9.17) is 8.85 Å². The molecule has 2 aromatic carbocycles. The standard InChI is InChI=1S/C33H54O2Si2/c1-10-29(23-17-13-11-12-14-22-28-34-36(8,9)32(2,3)4)35-37(33(5,6)7,30-24-18-15-19-25-30)31-26-20-16-21-27-31/h10,15-16,18-21,24-27,29H,1,11-14,17,22-23,28H2,2-9H3/t29-/m0/s1. The second-order valence-corrected chi connectivity index (χ2v) is 22.1. The molecule has 0 heterocycles. The van der Waals surface area contributed by atoms with E-state index in [0.717, 1.165) is 13.0 Å². The summed E-state index contributed by atoms with van der Waals surface area (Å²) in [5.41, 5.74) is 0. The van der Waals surface area contributed by atoms with Crippen molar-refractivity contribution in [3.8, 4) is 0 Å². The van der Waals surface area contributed by atoms with Crippen molar-refractivity contribution in [3.63, 3.8) is 0 Å². The van der Waals surface area contributed by atoms with Crippen molar-refractivity contribution in [2.75, 3.05) is 6.61 Å². The maximum atomic E-state index is 7.25. The van der Waals surface area contributed by atoms with Gasteiger partial charge in [-0.1, -0.05) is 140 Å². The third-order valence-corrected chi connectivity index (χ3v) is 17.8. The van der Waals surface area contributed by atoms with Crippen LogP contribution in [0.5, 0.6) is 0 Å². The molecule has 4 heteroatoms. The summed E-state index contributed by atoms with van der Waals surface area (Å²) in [6.07, 6.45) is 10.6. The number of rotatable bonds is 15. The lowest BCUT2D eigenvalue weighted by atomic mass is 10.1. The zero-order valence-electron chi connectivity index (χ0n) is 25.1. The first-order valence-corrected chi connectivity index (χ1v) is 19.2. The topological polar surface area (TPSA) is 18.5 Å². The molecule has 206 valence electrons. The Bertz CT molecular complexity index is 871. The minimum Gasteiger partial charge on any atom is -0.417 e. The smallest absolute Gasteiger partial charge is 0.261 e. The third kappa shape index (κ3) is 8.78. The molecule has 2 rings (SSSR count). The first-order chi connectivity index (χ1) is 17.3. The summed E-state index contributed by atoms with van der Waals surface area (Å²) in [6, 6.07) is 21.8. The highest BCUT2D eigenvalue weighted by Gasteiger charge is 2.51. The van der Waals surface area contributed by atoms with Gasteiger partial charge in [-0.2, -0.15) is 0 Å². The van der Waals surface area contributed by atoms with E-state index in [0.29, 0.717) is 5.04 Å². The normalized spacial score (nSPS) is 13.9. The monoisotopic (exact) mass is 538 g/mol. The molecule has 37 heavy (non-hydrogen) atoms. The van der Waals surface area contributed by atoms with Crippen LogP contribution in [0.3, 0.4) is 0 Å².